The number of rotatable bonds is 5. The molecule has 4 heteroatoms. The molecule has 0 aromatic heterocycles. The highest BCUT2D eigenvalue weighted by molar-refractivity contribution is 5.94. The van der Waals surface area contributed by atoms with Crippen LogP contribution in [0.3, 0.4) is 0 Å². The van der Waals surface area contributed by atoms with Crippen LogP contribution >= 0.6 is 0 Å². The van der Waals surface area contributed by atoms with Crippen LogP contribution in [0.5, 0.6) is 0 Å². The maximum atomic E-state index is 12.5. The molecular formula is C18H22N2O2. The number of nitrogens with one attached hydrogen (secondary N) is 1. The van der Waals surface area contributed by atoms with Crippen LogP contribution in [0.2, 0.25) is 0 Å². The molecule has 0 unspecified atom stereocenters. The molecule has 0 aliphatic heterocycles. The zero-order chi connectivity index (χ0) is 15.9. The van der Waals surface area contributed by atoms with Gasteiger partial charge < -0.3 is 10.2 Å². The number of nitrogens with zero attached hydrogens (tertiary/aromatic N) is 1. The molecule has 116 valence electrons. The first-order chi connectivity index (χ1) is 10.6. The van der Waals surface area contributed by atoms with Crippen molar-refractivity contribution >= 4 is 17.5 Å². The van der Waals surface area contributed by atoms with E-state index in [1.165, 1.54) is 6.08 Å². The molecule has 1 aromatic carbocycles. The van der Waals surface area contributed by atoms with Crippen molar-refractivity contribution in [3.05, 3.63) is 54.6 Å². The van der Waals surface area contributed by atoms with Crippen LogP contribution in [-0.2, 0) is 16.1 Å². The normalized spacial score (nSPS) is 16.9. The van der Waals surface area contributed by atoms with E-state index in [0.29, 0.717) is 6.54 Å². The standard InChI is InChI=1S/C18H22N2O2/c1-3-17(21)19-13-14-9-11-16(12-10-14)20(2)18(22)15-7-5-4-6-8-15/h3-5,9-12,15H,1,6-8,13H2,2H3,(H,19,21)/t15-/m1/s1. The van der Waals surface area contributed by atoms with Crippen LogP contribution in [0.4, 0.5) is 5.69 Å². The lowest BCUT2D eigenvalue weighted by Gasteiger charge is -2.24. The first kappa shape index (κ1) is 16.0. The van der Waals surface area contributed by atoms with E-state index in [1.54, 1.807) is 4.90 Å². The summed E-state index contributed by atoms with van der Waals surface area (Å²) >= 11 is 0. The Bertz CT molecular complexity index is 575. The number of carbonyl (C=O) groups is 2. The number of amides is 2. The SMILES string of the molecule is C=CC(=O)NCc1ccc(N(C)C(=O)[C@@H]2CC=CCC2)cc1. The van der Waals surface area contributed by atoms with Crippen molar-refractivity contribution in [2.24, 2.45) is 5.92 Å². The van der Waals surface area contributed by atoms with Gasteiger partial charge in [0, 0.05) is 25.2 Å². The molecule has 0 bridgehead atoms. The minimum Gasteiger partial charge on any atom is -0.348 e. The number of hydrogen-bond acceptors (Lipinski definition) is 2. The zero-order valence-corrected chi connectivity index (χ0v) is 12.9. The van der Waals surface area contributed by atoms with E-state index < -0.39 is 0 Å². The van der Waals surface area contributed by atoms with Crippen molar-refractivity contribution in [1.29, 1.82) is 0 Å². The van der Waals surface area contributed by atoms with E-state index in [9.17, 15) is 9.59 Å². The van der Waals surface area contributed by atoms with Crippen molar-refractivity contribution in [3.63, 3.8) is 0 Å². The summed E-state index contributed by atoms with van der Waals surface area (Å²) in [5.74, 6) is 0.0559. The van der Waals surface area contributed by atoms with E-state index in [-0.39, 0.29) is 17.7 Å². The lowest BCUT2D eigenvalue weighted by molar-refractivity contribution is -0.122. The fourth-order valence-corrected chi connectivity index (χ4v) is 2.52. The number of carbonyl (C=O) groups excluding carboxylic acids is 2. The van der Waals surface area contributed by atoms with Gasteiger partial charge in [0.1, 0.15) is 0 Å². The molecule has 4 nitrogen and oxygen atoms in total. The van der Waals surface area contributed by atoms with Crippen molar-refractivity contribution in [2.75, 3.05) is 11.9 Å². The second-order valence-electron chi connectivity index (χ2n) is 5.47. The lowest BCUT2D eigenvalue weighted by Crippen LogP contribution is -2.33. The number of allylic oxidation sites excluding steroid dienone is 2. The Morgan fingerprint density at radius 2 is 2.05 bits per heavy atom. The topological polar surface area (TPSA) is 49.4 Å². The number of hydrogen-bond donors (Lipinski definition) is 1. The molecule has 2 rings (SSSR count). The fraction of sp³-hybridized carbons (Fsp3) is 0.333. The minimum absolute atomic E-state index is 0.0848. The van der Waals surface area contributed by atoms with Gasteiger partial charge in [-0.3, -0.25) is 9.59 Å². The molecule has 0 saturated carbocycles. The second-order valence-corrected chi connectivity index (χ2v) is 5.47. The van der Waals surface area contributed by atoms with Gasteiger partial charge in [-0.25, -0.2) is 0 Å². The van der Waals surface area contributed by atoms with Gasteiger partial charge in [0.2, 0.25) is 11.8 Å². The summed E-state index contributed by atoms with van der Waals surface area (Å²) in [5.41, 5.74) is 1.86. The van der Waals surface area contributed by atoms with Gasteiger partial charge in [0.05, 0.1) is 0 Å². The van der Waals surface area contributed by atoms with Crippen molar-refractivity contribution in [3.8, 4) is 0 Å². The molecule has 22 heavy (non-hydrogen) atoms. The largest absolute Gasteiger partial charge is 0.348 e. The van der Waals surface area contributed by atoms with Crippen LogP contribution in [-0.4, -0.2) is 18.9 Å². The molecule has 1 aromatic rings. The Hall–Kier alpha value is -2.36. The van der Waals surface area contributed by atoms with Crippen LogP contribution < -0.4 is 10.2 Å². The Morgan fingerprint density at radius 3 is 2.64 bits per heavy atom. The highest BCUT2D eigenvalue weighted by Crippen LogP contribution is 2.23. The third kappa shape index (κ3) is 4.07. The average Bonchev–Trinajstić information content (AvgIpc) is 2.59. The molecule has 1 aliphatic rings. The zero-order valence-electron chi connectivity index (χ0n) is 12.9. The van der Waals surface area contributed by atoms with Crippen LogP contribution in [0, 0.1) is 5.92 Å². The molecule has 1 aliphatic carbocycles. The van der Waals surface area contributed by atoms with Gasteiger partial charge in [0.15, 0.2) is 0 Å². The smallest absolute Gasteiger partial charge is 0.243 e. The first-order valence-corrected chi connectivity index (χ1v) is 7.53. The molecule has 0 radical (unpaired) electrons. The molecule has 0 spiro atoms. The van der Waals surface area contributed by atoms with Crippen LogP contribution in [0.1, 0.15) is 24.8 Å². The fourth-order valence-electron chi connectivity index (χ4n) is 2.52. The summed E-state index contributed by atoms with van der Waals surface area (Å²) in [5, 5.41) is 2.73. The highest BCUT2D eigenvalue weighted by Gasteiger charge is 2.22. The predicted molar refractivity (Wildman–Crippen MR) is 88.4 cm³/mol. The number of benzene rings is 1. The van der Waals surface area contributed by atoms with E-state index in [2.05, 4.69) is 24.0 Å². The summed E-state index contributed by atoms with van der Waals surface area (Å²) in [6.07, 6.45) is 8.20. The van der Waals surface area contributed by atoms with Gasteiger partial charge in [-0.2, -0.15) is 0 Å². The Kier molecular flexibility index (Phi) is 5.53. The Labute approximate surface area is 131 Å². The molecule has 0 heterocycles. The highest BCUT2D eigenvalue weighted by atomic mass is 16.2. The van der Waals surface area contributed by atoms with E-state index >= 15 is 0 Å². The van der Waals surface area contributed by atoms with Gasteiger partial charge in [-0.15, -0.1) is 0 Å². The van der Waals surface area contributed by atoms with Crippen molar-refractivity contribution in [1.82, 2.24) is 5.32 Å². The summed E-state index contributed by atoms with van der Waals surface area (Å²) in [6.45, 7) is 3.87. The van der Waals surface area contributed by atoms with E-state index in [1.807, 2.05) is 31.3 Å². The molecule has 1 atom stereocenters. The molecule has 0 saturated heterocycles. The second kappa shape index (κ2) is 7.59. The first-order valence-electron chi connectivity index (χ1n) is 7.53. The quantitative estimate of drug-likeness (QED) is 0.671. The third-order valence-electron chi connectivity index (χ3n) is 3.92. The third-order valence-corrected chi connectivity index (χ3v) is 3.92. The van der Waals surface area contributed by atoms with Crippen molar-refractivity contribution < 1.29 is 9.59 Å². The molecule has 0 fully saturated rings. The monoisotopic (exact) mass is 298 g/mol. The van der Waals surface area contributed by atoms with Gasteiger partial charge in [0.25, 0.3) is 0 Å². The summed E-state index contributed by atoms with van der Waals surface area (Å²) < 4.78 is 0. The van der Waals surface area contributed by atoms with Gasteiger partial charge >= 0.3 is 0 Å². The predicted octanol–water partition coefficient (Wildman–Crippen LogP) is 2.81. The number of anilines is 1. The maximum Gasteiger partial charge on any atom is 0.243 e. The average molecular weight is 298 g/mol. The Morgan fingerprint density at radius 1 is 1.32 bits per heavy atom. The van der Waals surface area contributed by atoms with E-state index in [0.717, 1.165) is 30.5 Å². The summed E-state index contributed by atoms with van der Waals surface area (Å²) in [4.78, 5) is 25.3. The minimum atomic E-state index is -0.193. The van der Waals surface area contributed by atoms with Crippen LogP contribution in [0.15, 0.2) is 49.1 Å². The lowest BCUT2D eigenvalue weighted by atomic mass is 9.93. The Balaban J connectivity index is 1.96. The van der Waals surface area contributed by atoms with Gasteiger partial charge in [-0.1, -0.05) is 30.9 Å². The van der Waals surface area contributed by atoms with Crippen molar-refractivity contribution in [2.45, 2.75) is 25.8 Å². The molecule has 1 N–H and O–H groups in total. The summed E-state index contributed by atoms with van der Waals surface area (Å²) in [7, 11) is 1.81. The summed E-state index contributed by atoms with van der Waals surface area (Å²) in [6, 6.07) is 7.66. The van der Waals surface area contributed by atoms with Gasteiger partial charge in [-0.05, 0) is 43.0 Å². The molecule has 2 amide bonds. The van der Waals surface area contributed by atoms with Crippen LogP contribution in [0.25, 0.3) is 0 Å². The maximum absolute atomic E-state index is 12.5. The van der Waals surface area contributed by atoms with E-state index in [4.69, 9.17) is 0 Å². The molecular weight excluding hydrogens is 276 g/mol.